The highest BCUT2D eigenvalue weighted by atomic mass is 14.9. The van der Waals surface area contributed by atoms with Crippen LogP contribution in [0.5, 0.6) is 0 Å². The smallest absolute Gasteiger partial charge is 0.0320 e. The number of benzene rings is 2. The number of hydrogen-bond donors (Lipinski definition) is 1. The van der Waals surface area contributed by atoms with E-state index >= 15 is 0 Å². The Morgan fingerprint density at radius 1 is 1.06 bits per heavy atom. The number of nitrogens with one attached hydrogen (secondary N) is 1. The van der Waals surface area contributed by atoms with Crippen molar-refractivity contribution in [2.45, 2.75) is 31.7 Å². The van der Waals surface area contributed by atoms with Crippen molar-refractivity contribution in [3.05, 3.63) is 47.5 Å². The van der Waals surface area contributed by atoms with Crippen LogP contribution >= 0.6 is 0 Å². The summed E-state index contributed by atoms with van der Waals surface area (Å²) in [4.78, 5) is 0. The Balaban J connectivity index is 2.29. The van der Waals surface area contributed by atoms with Gasteiger partial charge in [0.05, 0.1) is 0 Å². The zero-order valence-corrected chi connectivity index (χ0v) is 10.5. The van der Waals surface area contributed by atoms with Crippen molar-refractivity contribution < 1.29 is 0 Å². The predicted molar refractivity (Wildman–Crippen MR) is 73.4 cm³/mol. The highest BCUT2D eigenvalue weighted by Gasteiger charge is 2.24. The molecule has 0 saturated carbocycles. The summed E-state index contributed by atoms with van der Waals surface area (Å²) in [5.74, 6) is 0.681. The van der Waals surface area contributed by atoms with E-state index in [4.69, 9.17) is 0 Å². The molecule has 1 aliphatic rings. The average Bonchev–Trinajstić information content (AvgIpc) is 2.39. The zero-order valence-electron chi connectivity index (χ0n) is 10.5. The van der Waals surface area contributed by atoms with Crippen LogP contribution in [0.15, 0.2) is 36.4 Å². The molecule has 1 nitrogen and oxygen atoms in total. The molecule has 3 rings (SSSR count). The Kier molecular flexibility index (Phi) is 2.64. The summed E-state index contributed by atoms with van der Waals surface area (Å²) in [7, 11) is 2.07. The fourth-order valence-electron chi connectivity index (χ4n) is 3.18. The van der Waals surface area contributed by atoms with Crippen molar-refractivity contribution in [2.75, 3.05) is 7.05 Å². The highest BCUT2D eigenvalue weighted by molar-refractivity contribution is 5.87. The van der Waals surface area contributed by atoms with E-state index in [1.807, 2.05) is 0 Å². The lowest BCUT2D eigenvalue weighted by Crippen LogP contribution is -2.23. The predicted octanol–water partition coefficient (Wildman–Crippen LogP) is 4.00. The van der Waals surface area contributed by atoms with E-state index in [1.165, 1.54) is 29.2 Å². The van der Waals surface area contributed by atoms with Gasteiger partial charge in [0.2, 0.25) is 0 Å². The van der Waals surface area contributed by atoms with Crippen molar-refractivity contribution >= 4 is 10.8 Å². The molecule has 0 heterocycles. The van der Waals surface area contributed by atoms with E-state index in [9.17, 15) is 0 Å². The number of hydrogen-bond acceptors (Lipinski definition) is 1. The molecule has 0 fully saturated rings. The maximum Gasteiger partial charge on any atom is 0.0320 e. The Morgan fingerprint density at radius 2 is 1.88 bits per heavy atom. The summed E-state index contributed by atoms with van der Waals surface area (Å²) in [6, 6.07) is 13.9. The van der Waals surface area contributed by atoms with Crippen molar-refractivity contribution in [1.82, 2.24) is 5.32 Å². The molecule has 0 saturated heterocycles. The Morgan fingerprint density at radius 3 is 2.71 bits per heavy atom. The Hall–Kier alpha value is -1.34. The molecule has 2 aromatic carbocycles. The molecule has 1 heteroatoms. The van der Waals surface area contributed by atoms with Gasteiger partial charge in [0.15, 0.2) is 0 Å². The first-order valence-corrected chi connectivity index (χ1v) is 6.50. The molecular formula is C16H19N. The van der Waals surface area contributed by atoms with Crippen molar-refractivity contribution in [1.29, 1.82) is 0 Å². The minimum atomic E-state index is 0.533. The van der Waals surface area contributed by atoms with Crippen LogP contribution in [-0.4, -0.2) is 7.05 Å². The molecule has 0 spiro atoms. The summed E-state index contributed by atoms with van der Waals surface area (Å²) in [5, 5.41) is 6.26. The van der Waals surface area contributed by atoms with Crippen LogP contribution in [0.3, 0.4) is 0 Å². The van der Waals surface area contributed by atoms with Crippen molar-refractivity contribution in [2.24, 2.45) is 0 Å². The lowest BCUT2D eigenvalue weighted by Gasteiger charge is -2.30. The van der Waals surface area contributed by atoms with Crippen LogP contribution in [0, 0.1) is 0 Å². The van der Waals surface area contributed by atoms with Crippen LogP contribution in [-0.2, 0) is 0 Å². The first-order chi connectivity index (χ1) is 8.31. The maximum absolute atomic E-state index is 3.45. The topological polar surface area (TPSA) is 12.0 Å². The van der Waals surface area contributed by atoms with Gasteiger partial charge in [-0.15, -0.1) is 0 Å². The van der Waals surface area contributed by atoms with Crippen LogP contribution in [0.2, 0.25) is 0 Å². The second-order valence-electron chi connectivity index (χ2n) is 5.11. The SMILES string of the molecule is CNC1CCC(C)c2c1ccc1ccccc21. The highest BCUT2D eigenvalue weighted by Crippen LogP contribution is 2.40. The average molecular weight is 225 g/mol. The van der Waals surface area contributed by atoms with Gasteiger partial charge in [0, 0.05) is 6.04 Å². The van der Waals surface area contributed by atoms with Gasteiger partial charge in [-0.3, -0.25) is 0 Å². The molecule has 2 aromatic rings. The van der Waals surface area contributed by atoms with E-state index in [2.05, 4.69) is 55.7 Å². The summed E-state index contributed by atoms with van der Waals surface area (Å²) in [5.41, 5.74) is 3.07. The third-order valence-corrected chi connectivity index (χ3v) is 4.11. The van der Waals surface area contributed by atoms with Gasteiger partial charge in [0.25, 0.3) is 0 Å². The summed E-state index contributed by atoms with van der Waals surface area (Å²) in [6.07, 6.45) is 2.54. The third-order valence-electron chi connectivity index (χ3n) is 4.11. The first-order valence-electron chi connectivity index (χ1n) is 6.50. The van der Waals surface area contributed by atoms with Crippen LogP contribution in [0.1, 0.15) is 42.9 Å². The van der Waals surface area contributed by atoms with Gasteiger partial charge in [-0.25, -0.2) is 0 Å². The molecular weight excluding hydrogens is 206 g/mol. The van der Waals surface area contributed by atoms with Crippen LogP contribution in [0.25, 0.3) is 10.8 Å². The molecule has 1 aliphatic carbocycles. The molecule has 88 valence electrons. The van der Waals surface area contributed by atoms with E-state index in [1.54, 1.807) is 5.56 Å². The molecule has 1 N–H and O–H groups in total. The fourth-order valence-corrected chi connectivity index (χ4v) is 3.18. The summed E-state index contributed by atoms with van der Waals surface area (Å²) >= 11 is 0. The largest absolute Gasteiger partial charge is 0.313 e. The van der Waals surface area contributed by atoms with Gasteiger partial charge in [0.1, 0.15) is 0 Å². The Bertz CT molecular complexity index is 544. The molecule has 2 unspecified atom stereocenters. The standard InChI is InChI=1S/C16H19N/c1-11-7-10-15(17-2)14-9-8-12-5-3-4-6-13(12)16(11)14/h3-6,8-9,11,15,17H,7,10H2,1-2H3. The molecule has 0 bridgehead atoms. The molecule has 0 aromatic heterocycles. The van der Waals surface area contributed by atoms with Gasteiger partial charge in [-0.1, -0.05) is 43.3 Å². The molecule has 0 aliphatic heterocycles. The molecule has 17 heavy (non-hydrogen) atoms. The maximum atomic E-state index is 3.45. The lowest BCUT2D eigenvalue weighted by molar-refractivity contribution is 0.462. The van der Waals surface area contributed by atoms with E-state index in [0.29, 0.717) is 12.0 Å². The van der Waals surface area contributed by atoms with E-state index in [-0.39, 0.29) is 0 Å². The van der Waals surface area contributed by atoms with E-state index in [0.717, 1.165) is 0 Å². The quantitative estimate of drug-likeness (QED) is 0.773. The lowest BCUT2D eigenvalue weighted by atomic mass is 9.78. The molecule has 2 atom stereocenters. The van der Waals surface area contributed by atoms with Crippen LogP contribution in [0.4, 0.5) is 0 Å². The second-order valence-corrected chi connectivity index (χ2v) is 5.11. The van der Waals surface area contributed by atoms with E-state index < -0.39 is 0 Å². The first kappa shape index (κ1) is 10.8. The molecule has 0 amide bonds. The summed E-state index contributed by atoms with van der Waals surface area (Å²) in [6.45, 7) is 2.36. The number of fused-ring (bicyclic) bond motifs is 3. The fraction of sp³-hybridized carbons (Fsp3) is 0.375. The summed E-state index contributed by atoms with van der Waals surface area (Å²) < 4.78 is 0. The minimum absolute atomic E-state index is 0.533. The zero-order chi connectivity index (χ0) is 11.8. The van der Waals surface area contributed by atoms with Crippen molar-refractivity contribution in [3.63, 3.8) is 0 Å². The van der Waals surface area contributed by atoms with Crippen molar-refractivity contribution in [3.8, 4) is 0 Å². The number of rotatable bonds is 1. The monoisotopic (exact) mass is 225 g/mol. The normalized spacial score (nSPS) is 23.6. The second kappa shape index (κ2) is 4.15. The van der Waals surface area contributed by atoms with Gasteiger partial charge in [-0.2, -0.15) is 0 Å². The van der Waals surface area contributed by atoms with Crippen LogP contribution < -0.4 is 5.32 Å². The minimum Gasteiger partial charge on any atom is -0.313 e. The van der Waals surface area contributed by atoms with Gasteiger partial charge < -0.3 is 5.32 Å². The van der Waals surface area contributed by atoms with Gasteiger partial charge >= 0.3 is 0 Å². The Labute approximate surface area is 103 Å². The third kappa shape index (κ3) is 1.66. The van der Waals surface area contributed by atoms with Gasteiger partial charge in [-0.05, 0) is 47.7 Å². The molecule has 0 radical (unpaired) electrons.